The molecular weight excluding hydrogens is 220 g/mol. The SMILES string of the molecule is CC1(Cc2ccnn2-c2ccccc2)CCCC1. The fourth-order valence-electron chi connectivity index (χ4n) is 3.11. The van der Waals surface area contributed by atoms with Gasteiger partial charge in [-0.25, -0.2) is 4.68 Å². The molecule has 1 saturated carbocycles. The zero-order valence-electron chi connectivity index (χ0n) is 11.0. The lowest BCUT2D eigenvalue weighted by molar-refractivity contribution is 0.328. The van der Waals surface area contributed by atoms with Crippen molar-refractivity contribution in [2.45, 2.75) is 39.0 Å². The number of rotatable bonds is 3. The maximum absolute atomic E-state index is 4.48. The molecule has 0 N–H and O–H groups in total. The van der Waals surface area contributed by atoms with Crippen LogP contribution in [0.3, 0.4) is 0 Å². The number of nitrogens with zero attached hydrogens (tertiary/aromatic N) is 2. The Morgan fingerprint density at radius 1 is 1.11 bits per heavy atom. The molecule has 0 saturated heterocycles. The molecule has 94 valence electrons. The van der Waals surface area contributed by atoms with Crippen LogP contribution >= 0.6 is 0 Å². The quantitative estimate of drug-likeness (QED) is 0.793. The maximum Gasteiger partial charge on any atom is 0.0648 e. The van der Waals surface area contributed by atoms with Crippen LogP contribution in [0.2, 0.25) is 0 Å². The summed E-state index contributed by atoms with van der Waals surface area (Å²) >= 11 is 0. The van der Waals surface area contributed by atoms with Crippen molar-refractivity contribution in [1.29, 1.82) is 0 Å². The van der Waals surface area contributed by atoms with E-state index in [1.807, 2.05) is 12.3 Å². The first-order valence-electron chi connectivity index (χ1n) is 6.85. The van der Waals surface area contributed by atoms with Crippen molar-refractivity contribution in [3.8, 4) is 5.69 Å². The fraction of sp³-hybridized carbons (Fsp3) is 0.438. The molecule has 2 aromatic rings. The Balaban J connectivity index is 1.88. The minimum atomic E-state index is 0.479. The Kier molecular flexibility index (Phi) is 2.94. The van der Waals surface area contributed by atoms with Crippen molar-refractivity contribution in [3.05, 3.63) is 48.3 Å². The van der Waals surface area contributed by atoms with Crippen LogP contribution in [-0.4, -0.2) is 9.78 Å². The van der Waals surface area contributed by atoms with Crippen molar-refractivity contribution < 1.29 is 0 Å². The number of hydrogen-bond acceptors (Lipinski definition) is 1. The molecule has 1 aliphatic rings. The Morgan fingerprint density at radius 3 is 2.56 bits per heavy atom. The summed E-state index contributed by atoms with van der Waals surface area (Å²) in [6.45, 7) is 2.42. The molecule has 0 unspecified atom stereocenters. The van der Waals surface area contributed by atoms with E-state index in [1.54, 1.807) is 0 Å². The maximum atomic E-state index is 4.48. The second-order valence-corrected chi connectivity index (χ2v) is 5.76. The van der Waals surface area contributed by atoms with Crippen LogP contribution in [-0.2, 0) is 6.42 Å². The van der Waals surface area contributed by atoms with E-state index in [-0.39, 0.29) is 0 Å². The van der Waals surface area contributed by atoms with Gasteiger partial charge in [-0.15, -0.1) is 0 Å². The molecule has 0 amide bonds. The molecule has 3 rings (SSSR count). The van der Waals surface area contributed by atoms with Gasteiger partial charge in [-0.1, -0.05) is 38.0 Å². The molecule has 2 nitrogen and oxygen atoms in total. The van der Waals surface area contributed by atoms with E-state index in [9.17, 15) is 0 Å². The third-order valence-electron chi connectivity index (χ3n) is 4.14. The first-order chi connectivity index (χ1) is 8.77. The molecule has 0 spiro atoms. The number of aromatic nitrogens is 2. The second kappa shape index (κ2) is 4.60. The lowest BCUT2D eigenvalue weighted by atomic mass is 9.84. The van der Waals surface area contributed by atoms with Crippen molar-refractivity contribution in [2.24, 2.45) is 5.41 Å². The Morgan fingerprint density at radius 2 is 1.83 bits per heavy atom. The van der Waals surface area contributed by atoms with Gasteiger partial charge in [-0.3, -0.25) is 0 Å². The smallest absolute Gasteiger partial charge is 0.0648 e. The fourth-order valence-corrected chi connectivity index (χ4v) is 3.11. The summed E-state index contributed by atoms with van der Waals surface area (Å²) in [7, 11) is 0. The van der Waals surface area contributed by atoms with E-state index in [0.29, 0.717) is 5.41 Å². The van der Waals surface area contributed by atoms with E-state index in [4.69, 9.17) is 0 Å². The van der Waals surface area contributed by atoms with E-state index >= 15 is 0 Å². The normalized spacial score (nSPS) is 18.1. The molecule has 2 heteroatoms. The third kappa shape index (κ3) is 2.20. The average Bonchev–Trinajstić information content (AvgIpc) is 3.00. The zero-order chi connectivity index (χ0) is 12.4. The van der Waals surface area contributed by atoms with Gasteiger partial charge in [0.15, 0.2) is 0 Å². The summed E-state index contributed by atoms with van der Waals surface area (Å²) in [4.78, 5) is 0. The van der Waals surface area contributed by atoms with Crippen molar-refractivity contribution in [3.63, 3.8) is 0 Å². The van der Waals surface area contributed by atoms with Crippen LogP contribution < -0.4 is 0 Å². The molecule has 1 heterocycles. The van der Waals surface area contributed by atoms with Gasteiger partial charge in [0.2, 0.25) is 0 Å². The minimum absolute atomic E-state index is 0.479. The van der Waals surface area contributed by atoms with Crippen LogP contribution in [0.15, 0.2) is 42.6 Å². The molecule has 1 fully saturated rings. The van der Waals surface area contributed by atoms with E-state index < -0.39 is 0 Å². The minimum Gasteiger partial charge on any atom is -0.238 e. The zero-order valence-corrected chi connectivity index (χ0v) is 11.0. The monoisotopic (exact) mass is 240 g/mol. The molecule has 1 aromatic carbocycles. The van der Waals surface area contributed by atoms with E-state index in [2.05, 4.69) is 47.0 Å². The molecule has 1 aliphatic carbocycles. The summed E-state index contributed by atoms with van der Waals surface area (Å²) in [6.07, 6.45) is 8.54. The van der Waals surface area contributed by atoms with Crippen LogP contribution in [0.4, 0.5) is 0 Å². The lowest BCUT2D eigenvalue weighted by Crippen LogP contribution is -2.17. The van der Waals surface area contributed by atoms with Gasteiger partial charge in [0.05, 0.1) is 5.69 Å². The lowest BCUT2D eigenvalue weighted by Gasteiger charge is -2.23. The molecule has 0 atom stereocenters. The molecule has 0 bridgehead atoms. The summed E-state index contributed by atoms with van der Waals surface area (Å²) in [6, 6.07) is 12.6. The average molecular weight is 240 g/mol. The second-order valence-electron chi connectivity index (χ2n) is 5.76. The van der Waals surface area contributed by atoms with Gasteiger partial charge in [0.25, 0.3) is 0 Å². The Labute approximate surface area is 109 Å². The highest BCUT2D eigenvalue weighted by molar-refractivity contribution is 5.32. The highest BCUT2D eigenvalue weighted by atomic mass is 15.3. The van der Waals surface area contributed by atoms with Gasteiger partial charge in [0, 0.05) is 11.9 Å². The summed E-state index contributed by atoms with van der Waals surface area (Å²) in [5.74, 6) is 0. The molecule has 1 aromatic heterocycles. The van der Waals surface area contributed by atoms with Gasteiger partial charge in [0.1, 0.15) is 0 Å². The van der Waals surface area contributed by atoms with Crippen LogP contribution in [0.1, 0.15) is 38.3 Å². The standard InChI is InChI=1S/C16H20N2/c1-16(10-5-6-11-16)13-15-9-12-17-18(15)14-7-3-2-4-8-14/h2-4,7-9,12H,5-6,10-11,13H2,1H3. The highest BCUT2D eigenvalue weighted by Crippen LogP contribution is 2.40. The van der Waals surface area contributed by atoms with Gasteiger partial charge in [-0.05, 0) is 42.9 Å². The summed E-state index contributed by atoms with van der Waals surface area (Å²) in [5.41, 5.74) is 2.98. The highest BCUT2D eigenvalue weighted by Gasteiger charge is 2.29. The van der Waals surface area contributed by atoms with Crippen LogP contribution in [0, 0.1) is 5.41 Å². The Bertz CT molecular complexity index is 507. The molecular formula is C16H20N2. The molecule has 0 aliphatic heterocycles. The predicted octanol–water partition coefficient (Wildman–Crippen LogP) is 4.00. The molecule has 18 heavy (non-hydrogen) atoms. The van der Waals surface area contributed by atoms with Crippen molar-refractivity contribution in [2.75, 3.05) is 0 Å². The summed E-state index contributed by atoms with van der Waals surface area (Å²) < 4.78 is 2.09. The van der Waals surface area contributed by atoms with Gasteiger partial charge in [-0.2, -0.15) is 5.10 Å². The third-order valence-corrected chi connectivity index (χ3v) is 4.14. The Hall–Kier alpha value is -1.57. The van der Waals surface area contributed by atoms with Gasteiger partial charge >= 0.3 is 0 Å². The first-order valence-corrected chi connectivity index (χ1v) is 6.85. The van der Waals surface area contributed by atoms with E-state index in [0.717, 1.165) is 6.42 Å². The van der Waals surface area contributed by atoms with Crippen LogP contribution in [0.25, 0.3) is 5.69 Å². The van der Waals surface area contributed by atoms with E-state index in [1.165, 1.54) is 37.1 Å². The van der Waals surface area contributed by atoms with Crippen molar-refractivity contribution in [1.82, 2.24) is 9.78 Å². The molecule has 0 radical (unpaired) electrons. The number of benzene rings is 1. The topological polar surface area (TPSA) is 17.8 Å². The number of para-hydroxylation sites is 1. The summed E-state index contributed by atoms with van der Waals surface area (Å²) in [5, 5.41) is 4.48. The van der Waals surface area contributed by atoms with Crippen molar-refractivity contribution >= 4 is 0 Å². The largest absolute Gasteiger partial charge is 0.238 e. The first kappa shape index (κ1) is 11.5. The predicted molar refractivity (Wildman–Crippen MR) is 73.8 cm³/mol. The van der Waals surface area contributed by atoms with Crippen LogP contribution in [0.5, 0.6) is 0 Å². The van der Waals surface area contributed by atoms with Gasteiger partial charge < -0.3 is 0 Å². The number of hydrogen-bond donors (Lipinski definition) is 0.